The highest BCUT2D eigenvalue weighted by Crippen LogP contribution is 2.24. The van der Waals surface area contributed by atoms with Gasteiger partial charge in [-0.1, -0.05) is 19.3 Å². The number of carbonyl (C=O) groups is 1. The maximum absolute atomic E-state index is 11.9. The summed E-state index contributed by atoms with van der Waals surface area (Å²) in [7, 11) is 1.45. The fourth-order valence-corrected chi connectivity index (χ4v) is 3.79. The minimum atomic E-state index is -0.223. The van der Waals surface area contributed by atoms with Crippen LogP contribution in [0.2, 0.25) is 0 Å². The molecule has 2 rings (SSSR count). The highest BCUT2D eigenvalue weighted by atomic mass is 16.5. The number of nitrogens with one attached hydrogen (secondary N) is 1. The van der Waals surface area contributed by atoms with E-state index in [0.717, 1.165) is 32.4 Å². The van der Waals surface area contributed by atoms with Crippen LogP contribution in [0.3, 0.4) is 0 Å². The summed E-state index contributed by atoms with van der Waals surface area (Å²) in [6, 6.07) is 0.976. The summed E-state index contributed by atoms with van der Waals surface area (Å²) in [6.07, 6.45) is 9.19. The molecule has 1 saturated heterocycles. The summed E-state index contributed by atoms with van der Waals surface area (Å²) in [4.78, 5) is 13.7. The average molecular weight is 298 g/mol. The number of nitrogens with zero attached hydrogens (tertiary/aromatic N) is 1. The standard InChI is InChI=1S/C16H30N2O3/c1-21-16(20)18-11-13(6-5-9-19)10-15(12-18)17-14-7-3-2-4-8-14/h13-15,17,19H,2-12H2,1H3. The van der Waals surface area contributed by atoms with Crippen molar-refractivity contribution in [2.24, 2.45) is 5.92 Å². The van der Waals surface area contributed by atoms with Gasteiger partial charge in [0.2, 0.25) is 0 Å². The Labute approximate surface area is 128 Å². The lowest BCUT2D eigenvalue weighted by Gasteiger charge is -2.39. The molecule has 0 aromatic rings. The van der Waals surface area contributed by atoms with Crippen LogP contribution in [-0.2, 0) is 4.74 Å². The van der Waals surface area contributed by atoms with Gasteiger partial charge >= 0.3 is 6.09 Å². The fraction of sp³-hybridized carbons (Fsp3) is 0.938. The third kappa shape index (κ3) is 5.15. The molecule has 0 aromatic heterocycles. The molecule has 1 aliphatic heterocycles. The van der Waals surface area contributed by atoms with Gasteiger partial charge < -0.3 is 20.1 Å². The Bertz CT molecular complexity index is 319. The van der Waals surface area contributed by atoms with Crippen LogP contribution >= 0.6 is 0 Å². The van der Waals surface area contributed by atoms with Crippen LogP contribution in [0, 0.1) is 5.92 Å². The number of hydrogen-bond donors (Lipinski definition) is 2. The predicted octanol–water partition coefficient (Wildman–Crippen LogP) is 2.14. The van der Waals surface area contributed by atoms with Crippen molar-refractivity contribution in [1.82, 2.24) is 10.2 Å². The molecule has 0 bridgehead atoms. The van der Waals surface area contributed by atoms with Gasteiger partial charge in [0.15, 0.2) is 0 Å². The van der Waals surface area contributed by atoms with Crippen LogP contribution < -0.4 is 5.32 Å². The molecule has 1 amide bonds. The molecule has 122 valence electrons. The molecule has 1 heterocycles. The van der Waals surface area contributed by atoms with Crippen LogP contribution in [0.5, 0.6) is 0 Å². The zero-order valence-electron chi connectivity index (χ0n) is 13.2. The topological polar surface area (TPSA) is 61.8 Å². The van der Waals surface area contributed by atoms with E-state index in [1.165, 1.54) is 39.2 Å². The number of aliphatic hydroxyl groups excluding tert-OH is 1. The van der Waals surface area contributed by atoms with Crippen molar-refractivity contribution in [2.75, 3.05) is 26.8 Å². The molecule has 1 aliphatic carbocycles. The highest BCUT2D eigenvalue weighted by molar-refractivity contribution is 5.67. The summed E-state index contributed by atoms with van der Waals surface area (Å²) in [5.74, 6) is 0.464. The molecule has 5 heteroatoms. The molecule has 2 aliphatic rings. The highest BCUT2D eigenvalue weighted by Gasteiger charge is 2.31. The average Bonchev–Trinajstić information content (AvgIpc) is 2.53. The number of carbonyl (C=O) groups excluding carboxylic acids is 1. The molecule has 0 spiro atoms. The van der Waals surface area contributed by atoms with E-state index in [4.69, 9.17) is 9.84 Å². The minimum absolute atomic E-state index is 0.223. The van der Waals surface area contributed by atoms with Crippen LogP contribution in [0.15, 0.2) is 0 Å². The summed E-state index contributed by atoms with van der Waals surface area (Å²) >= 11 is 0. The third-order valence-electron chi connectivity index (χ3n) is 4.82. The summed E-state index contributed by atoms with van der Waals surface area (Å²) in [5, 5.41) is 12.8. The Hall–Kier alpha value is -0.810. The number of methoxy groups -OCH3 is 1. The van der Waals surface area contributed by atoms with Gasteiger partial charge in [0.1, 0.15) is 0 Å². The second kappa shape index (κ2) is 8.59. The van der Waals surface area contributed by atoms with E-state index in [9.17, 15) is 4.79 Å². The van der Waals surface area contributed by atoms with Crippen molar-refractivity contribution in [3.63, 3.8) is 0 Å². The molecule has 5 nitrogen and oxygen atoms in total. The van der Waals surface area contributed by atoms with Crippen molar-refractivity contribution in [2.45, 2.75) is 63.5 Å². The quantitative estimate of drug-likeness (QED) is 0.816. The number of amides is 1. The van der Waals surface area contributed by atoms with Gasteiger partial charge in [-0.05, 0) is 38.0 Å². The Balaban J connectivity index is 1.89. The lowest BCUT2D eigenvalue weighted by Crippen LogP contribution is -2.53. The second-order valence-corrected chi connectivity index (χ2v) is 6.54. The predicted molar refractivity (Wildman–Crippen MR) is 82.2 cm³/mol. The molecule has 21 heavy (non-hydrogen) atoms. The van der Waals surface area contributed by atoms with Crippen molar-refractivity contribution in [3.8, 4) is 0 Å². The molecule has 2 N–H and O–H groups in total. The van der Waals surface area contributed by atoms with E-state index in [1.54, 1.807) is 0 Å². The van der Waals surface area contributed by atoms with Gasteiger partial charge in [-0.15, -0.1) is 0 Å². The molecule has 2 unspecified atom stereocenters. The molecular weight excluding hydrogens is 268 g/mol. The summed E-state index contributed by atoms with van der Waals surface area (Å²) in [5.41, 5.74) is 0. The SMILES string of the molecule is COC(=O)N1CC(CCCO)CC(NC2CCCCC2)C1. The van der Waals surface area contributed by atoms with Gasteiger partial charge in [0.05, 0.1) is 7.11 Å². The molecule has 1 saturated carbocycles. The number of rotatable bonds is 5. The maximum Gasteiger partial charge on any atom is 0.409 e. The van der Waals surface area contributed by atoms with E-state index >= 15 is 0 Å². The van der Waals surface area contributed by atoms with Crippen LogP contribution in [0.4, 0.5) is 4.79 Å². The fourth-order valence-electron chi connectivity index (χ4n) is 3.79. The van der Waals surface area contributed by atoms with Crippen molar-refractivity contribution >= 4 is 6.09 Å². The maximum atomic E-state index is 11.9. The first-order valence-electron chi connectivity index (χ1n) is 8.42. The number of piperidine rings is 1. The summed E-state index contributed by atoms with van der Waals surface area (Å²) < 4.78 is 4.89. The first-order valence-corrected chi connectivity index (χ1v) is 8.42. The number of aliphatic hydroxyl groups is 1. The zero-order valence-corrected chi connectivity index (χ0v) is 13.2. The Kier molecular flexibility index (Phi) is 6.77. The first-order chi connectivity index (χ1) is 10.2. The van der Waals surface area contributed by atoms with Gasteiger partial charge in [0.25, 0.3) is 0 Å². The van der Waals surface area contributed by atoms with Crippen LogP contribution in [-0.4, -0.2) is 55.0 Å². The summed E-state index contributed by atoms with van der Waals surface area (Å²) in [6.45, 7) is 1.74. The smallest absolute Gasteiger partial charge is 0.409 e. The molecule has 2 fully saturated rings. The molecule has 0 radical (unpaired) electrons. The number of ether oxygens (including phenoxy) is 1. The lowest BCUT2D eigenvalue weighted by atomic mass is 9.88. The normalized spacial score (nSPS) is 27.6. The minimum Gasteiger partial charge on any atom is -0.453 e. The third-order valence-corrected chi connectivity index (χ3v) is 4.82. The Morgan fingerprint density at radius 1 is 1.24 bits per heavy atom. The van der Waals surface area contributed by atoms with E-state index in [-0.39, 0.29) is 12.7 Å². The van der Waals surface area contributed by atoms with Crippen LogP contribution in [0.1, 0.15) is 51.4 Å². The Morgan fingerprint density at radius 2 is 2.00 bits per heavy atom. The van der Waals surface area contributed by atoms with Gasteiger partial charge in [0, 0.05) is 31.8 Å². The van der Waals surface area contributed by atoms with Crippen LogP contribution in [0.25, 0.3) is 0 Å². The molecule has 2 atom stereocenters. The van der Waals surface area contributed by atoms with E-state index in [1.807, 2.05) is 4.90 Å². The monoisotopic (exact) mass is 298 g/mol. The van der Waals surface area contributed by atoms with Gasteiger partial charge in [-0.2, -0.15) is 0 Å². The van der Waals surface area contributed by atoms with Crippen molar-refractivity contribution in [1.29, 1.82) is 0 Å². The number of hydrogen-bond acceptors (Lipinski definition) is 4. The van der Waals surface area contributed by atoms with E-state index in [2.05, 4.69) is 5.32 Å². The Morgan fingerprint density at radius 3 is 2.67 bits per heavy atom. The lowest BCUT2D eigenvalue weighted by molar-refractivity contribution is 0.0840. The van der Waals surface area contributed by atoms with Crippen molar-refractivity contribution in [3.05, 3.63) is 0 Å². The zero-order chi connectivity index (χ0) is 15.1. The molecule has 0 aromatic carbocycles. The number of likely N-dealkylation sites (tertiary alicyclic amines) is 1. The first kappa shape index (κ1) is 16.6. The van der Waals surface area contributed by atoms with Crippen molar-refractivity contribution < 1.29 is 14.6 Å². The van der Waals surface area contributed by atoms with E-state index < -0.39 is 0 Å². The second-order valence-electron chi connectivity index (χ2n) is 6.54. The van der Waals surface area contributed by atoms with Gasteiger partial charge in [-0.25, -0.2) is 4.79 Å². The molecular formula is C16H30N2O3. The largest absolute Gasteiger partial charge is 0.453 e. The van der Waals surface area contributed by atoms with E-state index in [0.29, 0.717) is 18.0 Å². The van der Waals surface area contributed by atoms with Gasteiger partial charge in [-0.3, -0.25) is 0 Å².